The second kappa shape index (κ2) is 6.07. The Hall–Kier alpha value is -1.25. The summed E-state index contributed by atoms with van der Waals surface area (Å²) < 4.78 is 0. The van der Waals surface area contributed by atoms with Crippen LogP contribution in [-0.2, 0) is 0 Å². The lowest BCUT2D eigenvalue weighted by molar-refractivity contribution is 0.0994. The van der Waals surface area contributed by atoms with Gasteiger partial charge in [0.15, 0.2) is 5.78 Å². The highest BCUT2D eigenvalue weighted by molar-refractivity contribution is 8.00. The maximum absolute atomic E-state index is 12.2. The van der Waals surface area contributed by atoms with Crippen LogP contribution in [0.5, 0.6) is 0 Å². The van der Waals surface area contributed by atoms with Gasteiger partial charge in [0.05, 0.1) is 5.25 Å². The van der Waals surface area contributed by atoms with E-state index in [9.17, 15) is 4.79 Å². The average molecular weight is 277 g/mol. The van der Waals surface area contributed by atoms with Gasteiger partial charge in [-0.1, -0.05) is 41.9 Å². The average Bonchev–Trinajstić information content (AvgIpc) is 2.39. The van der Waals surface area contributed by atoms with E-state index in [0.29, 0.717) is 10.6 Å². The number of rotatable bonds is 4. The number of Topliss-reactive ketones (excluding diaryl/α,β-unsaturated/α-hetero) is 1. The van der Waals surface area contributed by atoms with E-state index < -0.39 is 0 Å². The number of carbonyl (C=O) groups is 1. The Kier molecular flexibility index (Phi) is 4.45. The Morgan fingerprint density at radius 1 is 1.11 bits per heavy atom. The van der Waals surface area contributed by atoms with Crippen LogP contribution in [0.15, 0.2) is 59.5 Å². The number of hydrogen-bond donors (Lipinski definition) is 0. The van der Waals surface area contributed by atoms with Crippen LogP contribution in [0.4, 0.5) is 0 Å². The number of carbonyl (C=O) groups excluding carboxylic acids is 1. The smallest absolute Gasteiger partial charge is 0.175 e. The number of benzene rings is 2. The van der Waals surface area contributed by atoms with Gasteiger partial charge in [0.1, 0.15) is 0 Å². The Balaban J connectivity index is 2.10. The molecule has 0 saturated heterocycles. The van der Waals surface area contributed by atoms with Crippen molar-refractivity contribution in [2.24, 2.45) is 0 Å². The van der Waals surface area contributed by atoms with Crippen molar-refractivity contribution in [1.29, 1.82) is 0 Å². The zero-order valence-electron chi connectivity index (χ0n) is 9.97. The molecule has 1 atom stereocenters. The van der Waals surface area contributed by atoms with Crippen molar-refractivity contribution in [2.45, 2.75) is 17.1 Å². The molecule has 1 unspecified atom stereocenters. The normalized spacial score (nSPS) is 12.1. The summed E-state index contributed by atoms with van der Waals surface area (Å²) in [7, 11) is 0. The molecular formula is C15H13ClOS. The summed E-state index contributed by atoms with van der Waals surface area (Å²) in [6, 6.07) is 17.0. The molecular weight excluding hydrogens is 264 g/mol. The molecule has 0 spiro atoms. The van der Waals surface area contributed by atoms with Gasteiger partial charge in [-0.2, -0.15) is 0 Å². The van der Waals surface area contributed by atoms with Crippen molar-refractivity contribution in [3.8, 4) is 0 Å². The van der Waals surface area contributed by atoms with E-state index in [1.165, 1.54) is 0 Å². The summed E-state index contributed by atoms with van der Waals surface area (Å²) in [5.74, 6) is 0.103. The summed E-state index contributed by atoms with van der Waals surface area (Å²) in [5, 5.41) is 0.476. The molecule has 0 aliphatic carbocycles. The van der Waals surface area contributed by atoms with Gasteiger partial charge in [-0.15, -0.1) is 11.8 Å². The number of thioether (sulfide) groups is 1. The summed E-state index contributed by atoms with van der Waals surface area (Å²) >= 11 is 7.45. The summed E-state index contributed by atoms with van der Waals surface area (Å²) in [6.45, 7) is 1.92. The van der Waals surface area contributed by atoms with E-state index in [1.807, 2.05) is 37.3 Å². The molecule has 0 aromatic heterocycles. The summed E-state index contributed by atoms with van der Waals surface area (Å²) in [6.07, 6.45) is 0. The second-order valence-electron chi connectivity index (χ2n) is 3.95. The molecule has 0 aliphatic heterocycles. The van der Waals surface area contributed by atoms with Gasteiger partial charge in [0, 0.05) is 15.5 Å². The molecule has 0 aliphatic rings. The molecule has 0 heterocycles. The Morgan fingerprint density at radius 3 is 2.50 bits per heavy atom. The predicted molar refractivity (Wildman–Crippen MR) is 77.5 cm³/mol. The molecule has 0 bridgehead atoms. The summed E-state index contributed by atoms with van der Waals surface area (Å²) in [5.41, 5.74) is 0.665. The molecule has 0 radical (unpaired) electrons. The van der Waals surface area contributed by atoms with Crippen molar-refractivity contribution < 1.29 is 4.79 Å². The molecule has 3 heteroatoms. The number of hydrogen-bond acceptors (Lipinski definition) is 2. The molecule has 1 nitrogen and oxygen atoms in total. The monoisotopic (exact) mass is 276 g/mol. The van der Waals surface area contributed by atoms with Crippen molar-refractivity contribution in [1.82, 2.24) is 0 Å². The second-order valence-corrected chi connectivity index (χ2v) is 5.80. The molecule has 2 aromatic carbocycles. The molecule has 18 heavy (non-hydrogen) atoms. The van der Waals surface area contributed by atoms with E-state index in [-0.39, 0.29) is 11.0 Å². The Labute approximate surface area is 116 Å². The Morgan fingerprint density at radius 2 is 1.83 bits per heavy atom. The first-order chi connectivity index (χ1) is 8.66. The van der Waals surface area contributed by atoms with Crippen LogP contribution in [0.2, 0.25) is 5.02 Å². The van der Waals surface area contributed by atoms with E-state index >= 15 is 0 Å². The predicted octanol–water partition coefficient (Wildman–Crippen LogP) is 4.70. The topological polar surface area (TPSA) is 17.1 Å². The molecule has 0 N–H and O–H groups in total. The van der Waals surface area contributed by atoms with Gasteiger partial charge in [-0.25, -0.2) is 0 Å². The van der Waals surface area contributed by atoms with Gasteiger partial charge in [-0.05, 0) is 31.2 Å². The van der Waals surface area contributed by atoms with Crippen LogP contribution in [0.25, 0.3) is 0 Å². The van der Waals surface area contributed by atoms with Crippen molar-refractivity contribution in [3.05, 3.63) is 65.2 Å². The standard InChI is InChI=1S/C15H13ClOS/c1-11(18-14-8-3-2-4-9-14)15(17)12-6-5-7-13(16)10-12/h2-11H,1H3. The lowest BCUT2D eigenvalue weighted by Crippen LogP contribution is -2.13. The number of ketones is 1. The van der Waals surface area contributed by atoms with E-state index in [2.05, 4.69) is 0 Å². The zero-order valence-corrected chi connectivity index (χ0v) is 11.5. The molecule has 2 aromatic rings. The lowest BCUT2D eigenvalue weighted by atomic mass is 10.1. The quantitative estimate of drug-likeness (QED) is 0.594. The minimum Gasteiger partial charge on any atom is -0.293 e. The van der Waals surface area contributed by atoms with Crippen LogP contribution in [-0.4, -0.2) is 11.0 Å². The maximum Gasteiger partial charge on any atom is 0.175 e. The zero-order chi connectivity index (χ0) is 13.0. The van der Waals surface area contributed by atoms with E-state index in [4.69, 9.17) is 11.6 Å². The molecule has 2 rings (SSSR count). The van der Waals surface area contributed by atoms with Crippen LogP contribution < -0.4 is 0 Å². The molecule has 92 valence electrons. The third-order valence-corrected chi connectivity index (χ3v) is 3.88. The van der Waals surface area contributed by atoms with Crippen LogP contribution in [0, 0.1) is 0 Å². The van der Waals surface area contributed by atoms with Gasteiger partial charge in [0.25, 0.3) is 0 Å². The first-order valence-electron chi connectivity index (χ1n) is 5.68. The summed E-state index contributed by atoms with van der Waals surface area (Å²) in [4.78, 5) is 13.3. The fraction of sp³-hybridized carbons (Fsp3) is 0.133. The van der Waals surface area contributed by atoms with Gasteiger partial charge < -0.3 is 0 Å². The van der Waals surface area contributed by atoms with Crippen LogP contribution in [0.1, 0.15) is 17.3 Å². The largest absolute Gasteiger partial charge is 0.293 e. The van der Waals surface area contributed by atoms with E-state index in [0.717, 1.165) is 4.90 Å². The first-order valence-corrected chi connectivity index (χ1v) is 6.94. The third kappa shape index (κ3) is 3.37. The molecule has 0 fully saturated rings. The highest BCUT2D eigenvalue weighted by Crippen LogP contribution is 2.25. The fourth-order valence-corrected chi connectivity index (χ4v) is 2.79. The maximum atomic E-state index is 12.2. The van der Waals surface area contributed by atoms with Crippen molar-refractivity contribution in [3.63, 3.8) is 0 Å². The van der Waals surface area contributed by atoms with Crippen LogP contribution in [0.3, 0.4) is 0 Å². The lowest BCUT2D eigenvalue weighted by Gasteiger charge is -2.10. The van der Waals surface area contributed by atoms with Crippen LogP contribution >= 0.6 is 23.4 Å². The minimum atomic E-state index is -0.120. The van der Waals surface area contributed by atoms with Gasteiger partial charge in [0.2, 0.25) is 0 Å². The third-order valence-electron chi connectivity index (χ3n) is 2.53. The minimum absolute atomic E-state index is 0.103. The van der Waals surface area contributed by atoms with Gasteiger partial charge in [-0.3, -0.25) is 4.79 Å². The highest BCUT2D eigenvalue weighted by atomic mass is 35.5. The van der Waals surface area contributed by atoms with Crippen molar-refractivity contribution >= 4 is 29.1 Å². The fourth-order valence-electron chi connectivity index (χ4n) is 1.63. The number of halogens is 1. The molecule has 0 amide bonds. The van der Waals surface area contributed by atoms with E-state index in [1.54, 1.807) is 36.0 Å². The first kappa shape index (κ1) is 13.2. The molecule has 0 saturated carbocycles. The Bertz CT molecular complexity index is 539. The SMILES string of the molecule is CC(Sc1ccccc1)C(=O)c1cccc(Cl)c1. The van der Waals surface area contributed by atoms with Crippen molar-refractivity contribution in [2.75, 3.05) is 0 Å². The van der Waals surface area contributed by atoms with Gasteiger partial charge >= 0.3 is 0 Å². The highest BCUT2D eigenvalue weighted by Gasteiger charge is 2.16.